The van der Waals surface area contributed by atoms with Gasteiger partial charge in [-0.15, -0.1) is 16.9 Å². The number of halogens is 2. The molecule has 0 radical (unpaired) electrons. The minimum absolute atomic E-state index is 0.482. The quantitative estimate of drug-likeness (QED) is 0.619. The zero-order valence-electron chi connectivity index (χ0n) is 8.39. The summed E-state index contributed by atoms with van der Waals surface area (Å²) >= 11 is 9.67. The summed E-state index contributed by atoms with van der Waals surface area (Å²) in [5.41, 5.74) is 1.78. The first-order valence-corrected chi connectivity index (χ1v) is 7.27. The summed E-state index contributed by atoms with van der Waals surface area (Å²) < 4.78 is 2.87. The van der Waals surface area contributed by atoms with Crippen molar-refractivity contribution < 1.29 is 0 Å². The number of nitrogens with zero attached hydrogens (tertiary/aromatic N) is 4. The zero-order valence-corrected chi connectivity index (χ0v) is 12.1. The molecule has 0 amide bonds. The van der Waals surface area contributed by atoms with Gasteiger partial charge in [-0.1, -0.05) is 16.8 Å². The van der Waals surface area contributed by atoms with E-state index in [9.17, 15) is 0 Å². The Morgan fingerprint density at radius 3 is 2.94 bits per heavy atom. The molecule has 0 saturated carbocycles. The van der Waals surface area contributed by atoms with E-state index in [0.717, 1.165) is 20.8 Å². The van der Waals surface area contributed by atoms with Crippen molar-refractivity contribution in [3.63, 3.8) is 0 Å². The summed E-state index contributed by atoms with van der Waals surface area (Å²) in [6.45, 7) is 0. The average molecular weight is 367 g/mol. The number of hydrogen-bond acceptors (Lipinski definition) is 4. The molecular weight excluding hydrogens is 359 g/mol. The van der Waals surface area contributed by atoms with E-state index in [1.807, 2.05) is 17.0 Å². The normalized spacial score (nSPS) is 10.7. The van der Waals surface area contributed by atoms with E-state index in [0.29, 0.717) is 5.15 Å². The fourth-order valence-corrected chi connectivity index (χ4v) is 2.65. The van der Waals surface area contributed by atoms with Gasteiger partial charge < -0.3 is 0 Å². The highest BCUT2D eigenvalue weighted by Crippen LogP contribution is 2.23. The smallest absolute Gasteiger partial charge is 0.129 e. The van der Waals surface area contributed by atoms with Gasteiger partial charge in [0.05, 0.1) is 5.88 Å². The Hall–Kier alpha value is -0.340. The molecule has 0 atom stereocenters. The van der Waals surface area contributed by atoms with Crippen LogP contribution >= 0.6 is 46.0 Å². The van der Waals surface area contributed by atoms with Gasteiger partial charge in [-0.2, -0.15) is 0 Å². The second-order valence-corrected chi connectivity index (χ2v) is 5.26. The lowest BCUT2D eigenvalue weighted by molar-refractivity contribution is 0.688. The lowest BCUT2D eigenvalue weighted by Crippen LogP contribution is -1.98. The molecular formula is C9H8ClIN4S. The molecule has 4 nitrogen and oxygen atoms in total. The molecule has 0 N–H and O–H groups in total. The third-order valence-electron chi connectivity index (χ3n) is 1.93. The zero-order chi connectivity index (χ0) is 11.5. The Bertz CT molecular complexity index is 485. The van der Waals surface area contributed by atoms with Crippen molar-refractivity contribution in [2.24, 2.45) is 0 Å². The summed E-state index contributed by atoms with van der Waals surface area (Å²) in [5, 5.41) is 8.71. The van der Waals surface area contributed by atoms with Crippen LogP contribution in [0.15, 0.2) is 18.3 Å². The Morgan fingerprint density at radius 2 is 2.31 bits per heavy atom. The van der Waals surface area contributed by atoms with Gasteiger partial charge in [0.15, 0.2) is 0 Å². The van der Waals surface area contributed by atoms with Crippen molar-refractivity contribution in [2.75, 3.05) is 6.26 Å². The van der Waals surface area contributed by atoms with Crippen molar-refractivity contribution in [3.8, 4) is 11.3 Å². The standard InChI is InChI=1S/C9H8ClIN4S/c1-16-5-15-9(11)8(13-14-15)6-2-3-7(10)12-4-6/h2-4H,5H2,1H3. The van der Waals surface area contributed by atoms with Gasteiger partial charge in [0.25, 0.3) is 0 Å². The summed E-state index contributed by atoms with van der Waals surface area (Å²) in [6, 6.07) is 3.64. The van der Waals surface area contributed by atoms with Crippen molar-refractivity contribution in [3.05, 3.63) is 27.2 Å². The maximum absolute atomic E-state index is 5.74. The monoisotopic (exact) mass is 366 g/mol. The van der Waals surface area contributed by atoms with E-state index in [1.54, 1.807) is 24.0 Å². The van der Waals surface area contributed by atoms with E-state index in [2.05, 4.69) is 37.9 Å². The fourth-order valence-electron chi connectivity index (χ4n) is 1.20. The first-order valence-electron chi connectivity index (χ1n) is 4.42. The molecule has 0 saturated heterocycles. The minimum atomic E-state index is 0.482. The Kier molecular flexibility index (Phi) is 4.04. The van der Waals surface area contributed by atoms with E-state index < -0.39 is 0 Å². The molecule has 0 aliphatic carbocycles. The van der Waals surface area contributed by atoms with Crippen LogP contribution in [-0.4, -0.2) is 26.2 Å². The average Bonchev–Trinajstić information content (AvgIpc) is 2.63. The minimum Gasteiger partial charge on any atom is -0.244 e. The van der Waals surface area contributed by atoms with Crippen molar-refractivity contribution in [1.82, 2.24) is 20.0 Å². The fraction of sp³-hybridized carbons (Fsp3) is 0.222. The number of aromatic nitrogens is 4. The molecule has 2 aromatic rings. The molecule has 2 rings (SSSR count). The molecule has 0 aromatic carbocycles. The van der Waals surface area contributed by atoms with Crippen LogP contribution in [0.5, 0.6) is 0 Å². The summed E-state index contributed by atoms with van der Waals surface area (Å²) in [5.74, 6) is 0.798. The maximum Gasteiger partial charge on any atom is 0.129 e. The Morgan fingerprint density at radius 1 is 1.50 bits per heavy atom. The molecule has 2 aromatic heterocycles. The van der Waals surface area contributed by atoms with Gasteiger partial charge in [-0.3, -0.25) is 0 Å². The molecule has 7 heteroatoms. The van der Waals surface area contributed by atoms with Crippen LogP contribution in [0, 0.1) is 3.70 Å². The highest BCUT2D eigenvalue weighted by molar-refractivity contribution is 14.1. The predicted octanol–water partition coefficient (Wildman–Crippen LogP) is 2.92. The van der Waals surface area contributed by atoms with Crippen molar-refractivity contribution in [1.29, 1.82) is 0 Å². The molecule has 84 valence electrons. The highest BCUT2D eigenvalue weighted by Gasteiger charge is 2.11. The van der Waals surface area contributed by atoms with Crippen LogP contribution in [-0.2, 0) is 5.88 Å². The van der Waals surface area contributed by atoms with Crippen LogP contribution in [0.1, 0.15) is 0 Å². The van der Waals surface area contributed by atoms with E-state index in [4.69, 9.17) is 11.6 Å². The van der Waals surface area contributed by atoms with Crippen LogP contribution in [0.25, 0.3) is 11.3 Å². The first-order chi connectivity index (χ1) is 7.72. The van der Waals surface area contributed by atoms with Gasteiger partial charge in [-0.25, -0.2) is 9.67 Å². The molecule has 2 heterocycles. The SMILES string of the molecule is CSCn1nnc(-c2ccc(Cl)nc2)c1I. The second-order valence-electron chi connectivity index (χ2n) is 3.02. The van der Waals surface area contributed by atoms with Gasteiger partial charge in [0.1, 0.15) is 14.5 Å². The molecule has 0 unspecified atom stereocenters. The van der Waals surface area contributed by atoms with Crippen LogP contribution < -0.4 is 0 Å². The first kappa shape index (κ1) is 12.1. The molecule has 16 heavy (non-hydrogen) atoms. The second kappa shape index (κ2) is 5.33. The number of rotatable bonds is 3. The maximum atomic E-state index is 5.74. The van der Waals surface area contributed by atoms with Crippen LogP contribution in [0.2, 0.25) is 5.15 Å². The van der Waals surface area contributed by atoms with Crippen molar-refractivity contribution in [2.45, 2.75) is 5.88 Å². The van der Waals surface area contributed by atoms with Gasteiger partial charge in [-0.05, 0) is 41.0 Å². The number of hydrogen-bond donors (Lipinski definition) is 0. The van der Waals surface area contributed by atoms with Crippen LogP contribution in [0.3, 0.4) is 0 Å². The lowest BCUT2D eigenvalue weighted by Gasteiger charge is -1.99. The van der Waals surface area contributed by atoms with Gasteiger partial charge in [0, 0.05) is 11.8 Å². The third-order valence-corrected chi connectivity index (χ3v) is 3.72. The Balaban J connectivity index is 2.37. The van der Waals surface area contributed by atoms with E-state index >= 15 is 0 Å². The molecule has 0 aliphatic rings. The summed E-state index contributed by atoms with van der Waals surface area (Å²) in [7, 11) is 0. The van der Waals surface area contributed by atoms with E-state index in [1.165, 1.54) is 0 Å². The topological polar surface area (TPSA) is 43.6 Å². The van der Waals surface area contributed by atoms with Gasteiger partial charge in [0.2, 0.25) is 0 Å². The number of thioether (sulfide) groups is 1. The summed E-state index contributed by atoms with van der Waals surface area (Å²) in [4.78, 5) is 4.03. The Labute approximate surface area is 116 Å². The molecule has 0 spiro atoms. The molecule has 0 fully saturated rings. The third kappa shape index (κ3) is 2.49. The summed E-state index contributed by atoms with van der Waals surface area (Å²) in [6.07, 6.45) is 3.74. The van der Waals surface area contributed by atoms with E-state index in [-0.39, 0.29) is 0 Å². The molecule has 0 bridgehead atoms. The highest BCUT2D eigenvalue weighted by atomic mass is 127. The van der Waals surface area contributed by atoms with Gasteiger partial charge >= 0.3 is 0 Å². The largest absolute Gasteiger partial charge is 0.244 e. The predicted molar refractivity (Wildman–Crippen MR) is 74.5 cm³/mol. The van der Waals surface area contributed by atoms with Crippen LogP contribution in [0.4, 0.5) is 0 Å². The van der Waals surface area contributed by atoms with Crippen molar-refractivity contribution >= 4 is 46.0 Å². The number of pyridine rings is 1. The molecule has 0 aliphatic heterocycles. The lowest BCUT2D eigenvalue weighted by atomic mass is 10.2.